The van der Waals surface area contributed by atoms with E-state index in [1.807, 2.05) is 12.1 Å². The molecule has 0 radical (unpaired) electrons. The average Bonchev–Trinajstić information content (AvgIpc) is 2.97. The molecule has 1 aliphatic heterocycles. The second-order valence-corrected chi connectivity index (χ2v) is 6.04. The van der Waals surface area contributed by atoms with E-state index in [9.17, 15) is 0 Å². The van der Waals surface area contributed by atoms with Crippen molar-refractivity contribution >= 4 is 34.0 Å². The van der Waals surface area contributed by atoms with Gasteiger partial charge >= 0.3 is 0 Å². The lowest BCUT2D eigenvalue weighted by molar-refractivity contribution is 0.179. The summed E-state index contributed by atoms with van der Waals surface area (Å²) in [5.41, 5.74) is 1.22. The Labute approximate surface area is 133 Å². The Bertz CT molecular complexity index is 581. The zero-order chi connectivity index (χ0) is 14.7. The number of hydrogen-bond acceptors (Lipinski definition) is 6. The Morgan fingerprint density at radius 1 is 1.14 bits per heavy atom. The summed E-state index contributed by atoms with van der Waals surface area (Å²) in [6.45, 7) is 4.32. The number of piperazine rings is 1. The summed E-state index contributed by atoms with van der Waals surface area (Å²) in [6, 6.07) is 8.01. The maximum Gasteiger partial charge on any atom is 0.205 e. The Morgan fingerprint density at radius 2 is 1.81 bits per heavy atom. The minimum absolute atomic E-state index is 0.473. The van der Waals surface area contributed by atoms with Crippen LogP contribution in [0.5, 0.6) is 0 Å². The Kier molecular flexibility index (Phi) is 4.57. The number of benzene rings is 1. The van der Waals surface area contributed by atoms with Gasteiger partial charge in [0.2, 0.25) is 5.13 Å². The molecule has 112 valence electrons. The number of aromatic nitrogens is 2. The molecule has 1 aliphatic rings. The molecule has 7 heteroatoms. The van der Waals surface area contributed by atoms with Gasteiger partial charge in [0.1, 0.15) is 6.61 Å². The Balaban J connectivity index is 1.60. The van der Waals surface area contributed by atoms with Gasteiger partial charge in [-0.15, -0.1) is 0 Å². The van der Waals surface area contributed by atoms with Gasteiger partial charge in [-0.1, -0.05) is 11.6 Å². The SMILES string of the molecule is COCc1nsc(N2CCN(c3ccc(Cl)cc3)CC2)n1. The summed E-state index contributed by atoms with van der Waals surface area (Å²) in [6.07, 6.45) is 0. The summed E-state index contributed by atoms with van der Waals surface area (Å²) in [7, 11) is 1.66. The summed E-state index contributed by atoms with van der Waals surface area (Å²) < 4.78 is 9.36. The molecular weight excluding hydrogens is 308 g/mol. The van der Waals surface area contributed by atoms with Gasteiger partial charge in [0.15, 0.2) is 5.82 Å². The van der Waals surface area contributed by atoms with Crippen LogP contribution in [0.15, 0.2) is 24.3 Å². The van der Waals surface area contributed by atoms with Gasteiger partial charge in [0.25, 0.3) is 0 Å². The number of methoxy groups -OCH3 is 1. The molecule has 0 saturated carbocycles. The van der Waals surface area contributed by atoms with Gasteiger partial charge in [-0.2, -0.15) is 4.37 Å². The minimum atomic E-state index is 0.473. The van der Waals surface area contributed by atoms with Crippen LogP contribution in [-0.2, 0) is 11.3 Å². The van der Waals surface area contributed by atoms with Gasteiger partial charge in [-0.25, -0.2) is 4.98 Å². The van der Waals surface area contributed by atoms with Gasteiger partial charge in [-0.3, -0.25) is 0 Å². The number of anilines is 2. The van der Waals surface area contributed by atoms with E-state index in [1.165, 1.54) is 17.2 Å². The van der Waals surface area contributed by atoms with Crippen LogP contribution >= 0.6 is 23.1 Å². The highest BCUT2D eigenvalue weighted by Crippen LogP contribution is 2.23. The first-order valence-electron chi connectivity index (χ1n) is 6.83. The molecule has 0 spiro atoms. The average molecular weight is 325 g/mol. The highest BCUT2D eigenvalue weighted by Gasteiger charge is 2.20. The van der Waals surface area contributed by atoms with Crippen molar-refractivity contribution in [2.24, 2.45) is 0 Å². The van der Waals surface area contributed by atoms with E-state index in [0.717, 1.165) is 42.2 Å². The van der Waals surface area contributed by atoms with Crippen molar-refractivity contribution in [3.8, 4) is 0 Å². The Hall–Kier alpha value is -1.37. The molecule has 0 amide bonds. The van der Waals surface area contributed by atoms with Crippen molar-refractivity contribution < 1.29 is 4.74 Å². The number of hydrogen-bond donors (Lipinski definition) is 0. The van der Waals surface area contributed by atoms with Crippen molar-refractivity contribution in [3.05, 3.63) is 35.1 Å². The van der Waals surface area contributed by atoms with Gasteiger partial charge < -0.3 is 14.5 Å². The first kappa shape index (κ1) is 14.6. The monoisotopic (exact) mass is 324 g/mol. The second kappa shape index (κ2) is 6.60. The largest absolute Gasteiger partial charge is 0.377 e. The van der Waals surface area contributed by atoms with Crippen LogP contribution in [0, 0.1) is 0 Å². The van der Waals surface area contributed by atoms with Crippen LogP contribution in [0.25, 0.3) is 0 Å². The van der Waals surface area contributed by atoms with Crippen LogP contribution in [-0.4, -0.2) is 42.6 Å². The quantitative estimate of drug-likeness (QED) is 0.865. The third-order valence-corrected chi connectivity index (χ3v) is 4.54. The fourth-order valence-electron chi connectivity index (χ4n) is 2.37. The van der Waals surface area contributed by atoms with Crippen LogP contribution in [0.2, 0.25) is 5.02 Å². The van der Waals surface area contributed by atoms with Gasteiger partial charge in [0.05, 0.1) is 0 Å². The third-order valence-electron chi connectivity index (χ3n) is 3.47. The molecule has 21 heavy (non-hydrogen) atoms. The molecule has 0 unspecified atom stereocenters. The maximum absolute atomic E-state index is 5.93. The van der Waals surface area contributed by atoms with E-state index >= 15 is 0 Å². The standard InChI is InChI=1S/C14H17ClN4OS/c1-20-10-13-16-14(21-17-13)19-8-6-18(7-9-19)12-4-2-11(15)3-5-12/h2-5H,6-10H2,1H3. The molecule has 3 rings (SSSR count). The number of nitrogens with zero attached hydrogens (tertiary/aromatic N) is 4. The molecule has 1 fully saturated rings. The summed E-state index contributed by atoms with van der Waals surface area (Å²) in [5.74, 6) is 0.762. The first-order valence-corrected chi connectivity index (χ1v) is 7.98. The molecule has 1 saturated heterocycles. The summed E-state index contributed by atoms with van der Waals surface area (Å²) in [4.78, 5) is 9.15. The van der Waals surface area contributed by atoms with Crippen molar-refractivity contribution in [1.82, 2.24) is 9.36 Å². The molecule has 0 atom stereocenters. The number of ether oxygens (including phenoxy) is 1. The predicted molar refractivity (Wildman–Crippen MR) is 86.5 cm³/mol. The smallest absolute Gasteiger partial charge is 0.205 e. The lowest BCUT2D eigenvalue weighted by atomic mass is 10.2. The van der Waals surface area contributed by atoms with Crippen LogP contribution < -0.4 is 9.80 Å². The van der Waals surface area contributed by atoms with Crippen molar-refractivity contribution in [2.45, 2.75) is 6.61 Å². The Morgan fingerprint density at radius 3 is 2.48 bits per heavy atom. The zero-order valence-corrected chi connectivity index (χ0v) is 13.4. The molecule has 1 aromatic carbocycles. The van der Waals surface area contributed by atoms with E-state index in [-0.39, 0.29) is 0 Å². The fourth-order valence-corrected chi connectivity index (χ4v) is 3.22. The van der Waals surface area contributed by atoms with E-state index in [1.54, 1.807) is 7.11 Å². The van der Waals surface area contributed by atoms with Crippen LogP contribution in [0.3, 0.4) is 0 Å². The molecule has 0 bridgehead atoms. The summed E-state index contributed by atoms with van der Waals surface area (Å²) in [5, 5.41) is 1.76. The fraction of sp³-hybridized carbons (Fsp3) is 0.429. The molecule has 2 aromatic rings. The third kappa shape index (κ3) is 3.45. The van der Waals surface area contributed by atoms with Crippen LogP contribution in [0.1, 0.15) is 5.82 Å². The molecule has 2 heterocycles. The number of halogens is 1. The topological polar surface area (TPSA) is 41.5 Å². The van der Waals surface area contributed by atoms with Crippen molar-refractivity contribution in [2.75, 3.05) is 43.1 Å². The lowest BCUT2D eigenvalue weighted by Crippen LogP contribution is -2.46. The second-order valence-electron chi connectivity index (χ2n) is 4.88. The van der Waals surface area contributed by atoms with Crippen molar-refractivity contribution in [3.63, 3.8) is 0 Å². The molecule has 1 aromatic heterocycles. The van der Waals surface area contributed by atoms with Crippen molar-refractivity contribution in [1.29, 1.82) is 0 Å². The van der Waals surface area contributed by atoms with E-state index in [4.69, 9.17) is 16.3 Å². The number of rotatable bonds is 4. The zero-order valence-electron chi connectivity index (χ0n) is 11.8. The highest BCUT2D eigenvalue weighted by molar-refractivity contribution is 7.09. The summed E-state index contributed by atoms with van der Waals surface area (Å²) >= 11 is 7.37. The van der Waals surface area contributed by atoms with E-state index in [0.29, 0.717) is 6.61 Å². The minimum Gasteiger partial charge on any atom is -0.377 e. The van der Waals surface area contributed by atoms with Gasteiger partial charge in [0, 0.05) is 55.5 Å². The normalized spacial score (nSPS) is 15.5. The molecular formula is C14H17ClN4OS. The molecule has 0 aliphatic carbocycles. The van der Waals surface area contributed by atoms with Crippen LogP contribution in [0.4, 0.5) is 10.8 Å². The maximum atomic E-state index is 5.93. The van der Waals surface area contributed by atoms with Gasteiger partial charge in [-0.05, 0) is 24.3 Å². The first-order chi connectivity index (χ1) is 10.3. The lowest BCUT2D eigenvalue weighted by Gasteiger charge is -2.35. The predicted octanol–water partition coefficient (Wildman–Crippen LogP) is 2.66. The molecule has 0 N–H and O–H groups in total. The van der Waals surface area contributed by atoms with E-state index in [2.05, 4.69) is 31.3 Å². The van der Waals surface area contributed by atoms with E-state index < -0.39 is 0 Å². The molecule has 5 nitrogen and oxygen atoms in total. The highest BCUT2D eigenvalue weighted by atomic mass is 35.5.